The smallest absolute Gasteiger partial charge is 0.309 e. The highest BCUT2D eigenvalue weighted by atomic mass is 127. The lowest BCUT2D eigenvalue weighted by Crippen LogP contribution is -2.17. The fraction of sp³-hybridized carbons (Fsp3) is 0.250. The van der Waals surface area contributed by atoms with Crippen LogP contribution in [0.1, 0.15) is 21.5 Å². The molecule has 1 aromatic carbocycles. The van der Waals surface area contributed by atoms with E-state index in [-0.39, 0.29) is 6.04 Å². The molecule has 2 aromatic rings. The van der Waals surface area contributed by atoms with Crippen molar-refractivity contribution in [3.63, 3.8) is 0 Å². The van der Waals surface area contributed by atoms with E-state index >= 15 is 0 Å². The molecule has 2 nitrogen and oxygen atoms in total. The van der Waals surface area contributed by atoms with Crippen LogP contribution in [0.15, 0.2) is 30.5 Å². The highest BCUT2D eigenvalue weighted by Gasteiger charge is 2.35. The van der Waals surface area contributed by atoms with Crippen LogP contribution in [-0.4, -0.2) is 12.0 Å². The van der Waals surface area contributed by atoms with Crippen molar-refractivity contribution in [3.8, 4) is 0 Å². The van der Waals surface area contributed by atoms with Crippen LogP contribution in [0.3, 0.4) is 0 Å². The second-order valence-corrected chi connectivity index (χ2v) is 6.03. The summed E-state index contributed by atoms with van der Waals surface area (Å²) in [6.45, 7) is 0. The molecule has 1 heterocycles. The molecule has 19 heavy (non-hydrogen) atoms. The zero-order valence-corrected chi connectivity index (χ0v) is 12.8. The van der Waals surface area contributed by atoms with E-state index in [9.17, 15) is 13.2 Å². The number of rotatable bonds is 3. The molecule has 0 amide bonds. The molecule has 0 aliphatic heterocycles. The standard InChI is InChI=1S/C12H10F3IN2S/c1-17-10(7-4-2-3-5-8(7)16)9-6-18-11(19-9)12(13,14)15/h2-6,10,17H,1H3. The minimum Gasteiger partial charge on any atom is -0.309 e. The van der Waals surface area contributed by atoms with Crippen LogP contribution < -0.4 is 5.32 Å². The Morgan fingerprint density at radius 3 is 2.53 bits per heavy atom. The van der Waals surface area contributed by atoms with Crippen LogP contribution in [-0.2, 0) is 6.18 Å². The summed E-state index contributed by atoms with van der Waals surface area (Å²) >= 11 is 2.84. The van der Waals surface area contributed by atoms with Gasteiger partial charge in [0.15, 0.2) is 5.01 Å². The average Bonchev–Trinajstić information content (AvgIpc) is 2.82. The highest BCUT2D eigenvalue weighted by molar-refractivity contribution is 14.1. The van der Waals surface area contributed by atoms with Gasteiger partial charge >= 0.3 is 6.18 Å². The maximum Gasteiger partial charge on any atom is 0.443 e. The van der Waals surface area contributed by atoms with Gasteiger partial charge in [-0.1, -0.05) is 18.2 Å². The predicted octanol–water partition coefficient (Wildman–Crippen LogP) is 4.08. The van der Waals surface area contributed by atoms with Gasteiger partial charge in [0.05, 0.1) is 6.04 Å². The molecule has 0 aliphatic rings. The molecule has 0 bridgehead atoms. The van der Waals surface area contributed by atoms with Gasteiger partial charge in [-0.25, -0.2) is 4.98 Å². The molecule has 1 N–H and O–H groups in total. The Morgan fingerprint density at radius 1 is 1.32 bits per heavy atom. The number of nitrogens with zero attached hydrogens (tertiary/aromatic N) is 1. The van der Waals surface area contributed by atoms with Crippen LogP contribution in [0.4, 0.5) is 13.2 Å². The van der Waals surface area contributed by atoms with Gasteiger partial charge in [0.1, 0.15) is 0 Å². The van der Waals surface area contributed by atoms with Crippen molar-refractivity contribution in [3.05, 3.63) is 49.5 Å². The zero-order chi connectivity index (χ0) is 14.0. The lowest BCUT2D eigenvalue weighted by Gasteiger charge is -2.16. The molecule has 102 valence electrons. The molecular formula is C12H10F3IN2S. The third-order valence-electron chi connectivity index (χ3n) is 2.56. The molecular weight excluding hydrogens is 388 g/mol. The number of halogens is 4. The number of aromatic nitrogens is 1. The van der Waals surface area contributed by atoms with Crippen molar-refractivity contribution >= 4 is 33.9 Å². The molecule has 1 aromatic heterocycles. The summed E-state index contributed by atoms with van der Waals surface area (Å²) in [5, 5.41) is 2.23. The molecule has 1 unspecified atom stereocenters. The Labute approximate surface area is 126 Å². The summed E-state index contributed by atoms with van der Waals surface area (Å²) in [5.74, 6) is 0. The van der Waals surface area contributed by atoms with Crippen molar-refractivity contribution in [2.45, 2.75) is 12.2 Å². The van der Waals surface area contributed by atoms with Crippen molar-refractivity contribution < 1.29 is 13.2 Å². The third-order valence-corrected chi connectivity index (χ3v) is 4.64. The van der Waals surface area contributed by atoms with Gasteiger partial charge in [0, 0.05) is 14.6 Å². The SMILES string of the molecule is CNC(c1cnc(C(F)(F)F)s1)c1ccccc1I. The molecule has 0 spiro atoms. The molecule has 1 atom stereocenters. The van der Waals surface area contributed by atoms with E-state index in [1.165, 1.54) is 6.20 Å². The first-order valence-corrected chi connectivity index (χ1v) is 7.27. The van der Waals surface area contributed by atoms with Crippen molar-refractivity contribution in [1.29, 1.82) is 0 Å². The first kappa shape index (κ1) is 14.7. The van der Waals surface area contributed by atoms with Crippen molar-refractivity contribution in [1.82, 2.24) is 10.3 Å². The Hall–Kier alpha value is -0.670. The van der Waals surface area contributed by atoms with Crippen LogP contribution >= 0.6 is 33.9 Å². The summed E-state index contributed by atoms with van der Waals surface area (Å²) in [7, 11) is 1.72. The van der Waals surface area contributed by atoms with Gasteiger partial charge in [-0.3, -0.25) is 0 Å². The van der Waals surface area contributed by atoms with Gasteiger partial charge < -0.3 is 5.32 Å². The van der Waals surface area contributed by atoms with Gasteiger partial charge in [0.25, 0.3) is 0 Å². The van der Waals surface area contributed by atoms with E-state index in [4.69, 9.17) is 0 Å². The number of alkyl halides is 3. The van der Waals surface area contributed by atoms with E-state index in [0.717, 1.165) is 9.13 Å². The van der Waals surface area contributed by atoms with E-state index < -0.39 is 11.2 Å². The second kappa shape index (κ2) is 5.76. The number of nitrogens with one attached hydrogen (secondary N) is 1. The summed E-state index contributed by atoms with van der Waals surface area (Å²) < 4.78 is 38.7. The molecule has 2 rings (SSSR count). The summed E-state index contributed by atoms with van der Waals surface area (Å²) in [5.41, 5.74) is 0.947. The maximum atomic E-state index is 12.6. The van der Waals surface area contributed by atoms with Gasteiger partial charge in [0.2, 0.25) is 0 Å². The quantitative estimate of drug-likeness (QED) is 0.789. The van der Waals surface area contributed by atoms with Gasteiger partial charge in [-0.15, -0.1) is 11.3 Å². The highest BCUT2D eigenvalue weighted by Crippen LogP contribution is 2.36. The Morgan fingerprint density at radius 2 is 2.00 bits per heavy atom. The molecule has 7 heteroatoms. The topological polar surface area (TPSA) is 24.9 Å². The minimum atomic E-state index is -4.38. The Kier molecular flexibility index (Phi) is 4.46. The van der Waals surface area contributed by atoms with Crippen LogP contribution in [0.5, 0.6) is 0 Å². The monoisotopic (exact) mass is 398 g/mol. The first-order chi connectivity index (χ1) is 8.93. The van der Waals surface area contributed by atoms with Gasteiger partial charge in [-0.2, -0.15) is 13.2 Å². The Balaban J connectivity index is 2.38. The van der Waals surface area contributed by atoms with Gasteiger partial charge in [-0.05, 0) is 41.3 Å². The summed E-state index contributed by atoms with van der Waals surface area (Å²) in [6.07, 6.45) is -3.09. The number of hydrogen-bond donors (Lipinski definition) is 1. The lowest BCUT2D eigenvalue weighted by atomic mass is 10.1. The van der Waals surface area contributed by atoms with E-state index in [2.05, 4.69) is 32.9 Å². The maximum absolute atomic E-state index is 12.6. The van der Waals surface area contributed by atoms with Crippen molar-refractivity contribution in [2.24, 2.45) is 0 Å². The van der Waals surface area contributed by atoms with Crippen LogP contribution in [0.25, 0.3) is 0 Å². The number of benzene rings is 1. The molecule has 0 aliphatic carbocycles. The average molecular weight is 398 g/mol. The molecule has 0 saturated heterocycles. The van der Waals surface area contributed by atoms with Crippen molar-refractivity contribution in [2.75, 3.05) is 7.05 Å². The lowest BCUT2D eigenvalue weighted by molar-refractivity contribution is -0.137. The zero-order valence-electron chi connectivity index (χ0n) is 9.83. The third kappa shape index (κ3) is 3.26. The fourth-order valence-corrected chi connectivity index (χ4v) is 3.32. The van der Waals surface area contributed by atoms with E-state index in [1.54, 1.807) is 7.05 Å². The molecule has 0 radical (unpaired) electrons. The number of hydrogen-bond acceptors (Lipinski definition) is 3. The second-order valence-electron chi connectivity index (χ2n) is 3.81. The van der Waals surface area contributed by atoms with Crippen LogP contribution in [0.2, 0.25) is 0 Å². The van der Waals surface area contributed by atoms with Crippen LogP contribution in [0, 0.1) is 3.57 Å². The molecule has 0 saturated carbocycles. The minimum absolute atomic E-state index is 0.276. The van der Waals surface area contributed by atoms with E-state index in [0.29, 0.717) is 16.2 Å². The molecule has 0 fully saturated rings. The predicted molar refractivity (Wildman–Crippen MR) is 77.2 cm³/mol. The summed E-state index contributed by atoms with van der Waals surface area (Å²) in [4.78, 5) is 4.02. The largest absolute Gasteiger partial charge is 0.443 e. The number of thiazole rings is 1. The fourth-order valence-electron chi connectivity index (χ4n) is 1.71. The van der Waals surface area contributed by atoms with E-state index in [1.807, 2.05) is 24.3 Å². The summed E-state index contributed by atoms with van der Waals surface area (Å²) in [6, 6.07) is 7.31. The normalized spacial score (nSPS) is 13.5. The first-order valence-electron chi connectivity index (χ1n) is 5.38. The Bertz CT molecular complexity index is 568.